The monoisotopic (exact) mass is 445 g/mol. The zero-order valence-corrected chi connectivity index (χ0v) is 17.5. The van der Waals surface area contributed by atoms with Gasteiger partial charge in [0.25, 0.3) is 0 Å². The Morgan fingerprint density at radius 3 is 2.58 bits per heavy atom. The van der Waals surface area contributed by atoms with Gasteiger partial charge in [-0.05, 0) is 30.2 Å². The number of hydrogen-bond acceptors (Lipinski definition) is 2. The maximum Gasteiger partial charge on any atom is 0.193 e. The van der Waals surface area contributed by atoms with E-state index in [0.29, 0.717) is 12.6 Å². The van der Waals surface area contributed by atoms with E-state index in [4.69, 9.17) is 10.5 Å². The molecule has 0 unspecified atom stereocenters. The molecule has 0 bridgehead atoms. The molecule has 0 spiro atoms. The standard InChI is InChI=1S/C19H31N3O.HI/c1-19(2,16-10-5-4-6-11-16)14-21-18(20)22-17-12-8-7-9-15(17)13-23-3;/h7-9,12,16H,4-6,10-11,13-14H2,1-3H3,(H3,20,21,22);1H. The van der Waals surface area contributed by atoms with Crippen molar-refractivity contribution in [2.24, 2.45) is 22.1 Å². The first-order valence-corrected chi connectivity index (χ1v) is 8.67. The number of nitrogens with one attached hydrogen (secondary N) is 1. The van der Waals surface area contributed by atoms with E-state index in [0.717, 1.165) is 23.7 Å². The van der Waals surface area contributed by atoms with Crippen LogP contribution >= 0.6 is 24.0 Å². The van der Waals surface area contributed by atoms with Gasteiger partial charge >= 0.3 is 0 Å². The second-order valence-electron chi connectivity index (χ2n) is 7.24. The van der Waals surface area contributed by atoms with Crippen molar-refractivity contribution >= 4 is 35.6 Å². The van der Waals surface area contributed by atoms with Crippen molar-refractivity contribution in [3.63, 3.8) is 0 Å². The second-order valence-corrected chi connectivity index (χ2v) is 7.24. The lowest BCUT2D eigenvalue weighted by Crippen LogP contribution is -2.31. The third kappa shape index (κ3) is 6.24. The first-order chi connectivity index (χ1) is 11.0. The number of benzene rings is 1. The molecule has 1 aliphatic rings. The Bertz CT molecular complexity index is 525. The lowest BCUT2D eigenvalue weighted by atomic mass is 9.71. The highest BCUT2D eigenvalue weighted by molar-refractivity contribution is 14.0. The summed E-state index contributed by atoms with van der Waals surface area (Å²) in [5, 5.41) is 3.22. The number of anilines is 1. The molecule has 2 rings (SSSR count). The number of methoxy groups -OCH3 is 1. The molecule has 3 N–H and O–H groups in total. The first-order valence-electron chi connectivity index (χ1n) is 8.67. The van der Waals surface area contributed by atoms with Gasteiger partial charge in [-0.25, -0.2) is 0 Å². The molecule has 1 saturated carbocycles. The number of nitrogens with two attached hydrogens (primary N) is 1. The van der Waals surface area contributed by atoms with Crippen molar-refractivity contribution in [2.45, 2.75) is 52.6 Å². The smallest absolute Gasteiger partial charge is 0.193 e. The molecular weight excluding hydrogens is 413 g/mol. The molecule has 0 aliphatic heterocycles. The van der Waals surface area contributed by atoms with Crippen LogP contribution in [0, 0.1) is 11.3 Å². The molecule has 4 nitrogen and oxygen atoms in total. The molecule has 1 aromatic carbocycles. The van der Waals surface area contributed by atoms with Crippen molar-refractivity contribution in [1.29, 1.82) is 0 Å². The summed E-state index contributed by atoms with van der Waals surface area (Å²) >= 11 is 0. The SMILES string of the molecule is COCc1ccccc1NC(N)=NCC(C)(C)C1CCCCC1.I. The van der Waals surface area contributed by atoms with Gasteiger partial charge in [0, 0.05) is 24.9 Å². The van der Waals surface area contributed by atoms with Crippen LogP contribution in [0.3, 0.4) is 0 Å². The van der Waals surface area contributed by atoms with Crippen molar-refractivity contribution in [3.8, 4) is 0 Å². The predicted molar refractivity (Wildman–Crippen MR) is 113 cm³/mol. The average Bonchev–Trinajstić information content (AvgIpc) is 2.56. The number of para-hydroxylation sites is 1. The number of rotatable bonds is 6. The van der Waals surface area contributed by atoms with Crippen LogP contribution in [-0.4, -0.2) is 19.6 Å². The molecule has 24 heavy (non-hydrogen) atoms. The van der Waals surface area contributed by atoms with Crippen LogP contribution in [0.5, 0.6) is 0 Å². The Balaban J connectivity index is 0.00000288. The predicted octanol–water partition coefficient (Wildman–Crippen LogP) is 4.78. The highest BCUT2D eigenvalue weighted by Crippen LogP contribution is 2.38. The van der Waals surface area contributed by atoms with E-state index in [2.05, 4.69) is 24.2 Å². The Labute approximate surface area is 163 Å². The molecule has 1 aromatic rings. The fraction of sp³-hybridized carbons (Fsp3) is 0.632. The van der Waals surface area contributed by atoms with Crippen molar-refractivity contribution in [3.05, 3.63) is 29.8 Å². The normalized spacial score (nSPS) is 16.5. The summed E-state index contributed by atoms with van der Waals surface area (Å²) in [5.41, 5.74) is 8.36. The highest BCUT2D eigenvalue weighted by Gasteiger charge is 2.30. The van der Waals surface area contributed by atoms with E-state index in [1.54, 1.807) is 7.11 Å². The molecular formula is C19H32IN3O. The minimum atomic E-state index is 0. The lowest BCUT2D eigenvalue weighted by Gasteiger charge is -2.36. The van der Waals surface area contributed by atoms with Crippen molar-refractivity contribution in [1.82, 2.24) is 0 Å². The van der Waals surface area contributed by atoms with Gasteiger partial charge in [-0.15, -0.1) is 24.0 Å². The molecule has 5 heteroatoms. The second kappa shape index (κ2) is 10.2. The van der Waals surface area contributed by atoms with Gasteiger partial charge in [-0.3, -0.25) is 4.99 Å². The van der Waals surface area contributed by atoms with Crippen LogP contribution in [-0.2, 0) is 11.3 Å². The molecule has 0 saturated heterocycles. The Hall–Kier alpha value is -0.820. The summed E-state index contributed by atoms with van der Waals surface area (Å²) in [5.74, 6) is 1.24. The van der Waals surface area contributed by atoms with Crippen LogP contribution in [0.2, 0.25) is 0 Å². The van der Waals surface area contributed by atoms with E-state index in [1.165, 1.54) is 32.1 Å². The largest absolute Gasteiger partial charge is 0.380 e. The van der Waals surface area contributed by atoms with Gasteiger partial charge in [-0.1, -0.05) is 51.3 Å². The number of guanidine groups is 1. The van der Waals surface area contributed by atoms with Gasteiger partial charge in [0.1, 0.15) is 0 Å². The van der Waals surface area contributed by atoms with Gasteiger partial charge in [0.05, 0.1) is 6.61 Å². The summed E-state index contributed by atoms with van der Waals surface area (Å²) in [6.45, 7) is 5.96. The number of hydrogen-bond donors (Lipinski definition) is 2. The fourth-order valence-corrected chi connectivity index (χ4v) is 3.40. The Morgan fingerprint density at radius 2 is 1.92 bits per heavy atom. The zero-order valence-electron chi connectivity index (χ0n) is 15.2. The van der Waals surface area contributed by atoms with Gasteiger partial charge in [0.2, 0.25) is 0 Å². The molecule has 0 aromatic heterocycles. The Kier molecular flexibility index (Phi) is 9.05. The molecule has 136 valence electrons. The van der Waals surface area contributed by atoms with Crippen LogP contribution in [0.15, 0.2) is 29.3 Å². The summed E-state index contributed by atoms with van der Waals surface area (Å²) < 4.78 is 5.22. The van der Waals surface area contributed by atoms with Crippen LogP contribution < -0.4 is 11.1 Å². The van der Waals surface area contributed by atoms with Crippen LogP contribution in [0.25, 0.3) is 0 Å². The van der Waals surface area contributed by atoms with Crippen LogP contribution in [0.4, 0.5) is 5.69 Å². The number of aliphatic imine (C=N–C) groups is 1. The molecule has 0 amide bonds. The summed E-state index contributed by atoms with van der Waals surface area (Å²) in [7, 11) is 1.70. The van der Waals surface area contributed by atoms with Gasteiger partial charge in [0.15, 0.2) is 5.96 Å². The fourth-order valence-electron chi connectivity index (χ4n) is 3.40. The first kappa shape index (κ1) is 21.2. The average molecular weight is 445 g/mol. The minimum absolute atomic E-state index is 0. The van der Waals surface area contributed by atoms with E-state index >= 15 is 0 Å². The van der Waals surface area contributed by atoms with E-state index in [-0.39, 0.29) is 29.4 Å². The van der Waals surface area contributed by atoms with Crippen molar-refractivity contribution < 1.29 is 4.74 Å². The van der Waals surface area contributed by atoms with Gasteiger partial charge in [-0.2, -0.15) is 0 Å². The summed E-state index contributed by atoms with van der Waals surface area (Å²) in [4.78, 5) is 4.61. The zero-order chi connectivity index (χ0) is 16.7. The third-order valence-corrected chi connectivity index (χ3v) is 4.95. The molecule has 1 fully saturated rings. The van der Waals surface area contributed by atoms with E-state index in [9.17, 15) is 0 Å². The highest BCUT2D eigenvalue weighted by atomic mass is 127. The van der Waals surface area contributed by atoms with Gasteiger partial charge < -0.3 is 15.8 Å². The lowest BCUT2D eigenvalue weighted by molar-refractivity contribution is 0.167. The molecule has 0 radical (unpaired) electrons. The minimum Gasteiger partial charge on any atom is -0.380 e. The number of ether oxygens (including phenoxy) is 1. The summed E-state index contributed by atoms with van der Waals surface area (Å²) in [6, 6.07) is 8.02. The third-order valence-electron chi connectivity index (χ3n) is 4.95. The van der Waals surface area contributed by atoms with Crippen molar-refractivity contribution in [2.75, 3.05) is 19.0 Å². The van der Waals surface area contributed by atoms with E-state index in [1.807, 2.05) is 24.3 Å². The summed E-state index contributed by atoms with van der Waals surface area (Å²) in [6.07, 6.45) is 6.75. The maximum atomic E-state index is 6.11. The maximum absolute atomic E-state index is 6.11. The van der Waals surface area contributed by atoms with Crippen LogP contribution in [0.1, 0.15) is 51.5 Å². The molecule has 0 atom stereocenters. The number of nitrogens with zero attached hydrogens (tertiary/aromatic N) is 1. The Morgan fingerprint density at radius 1 is 1.25 bits per heavy atom. The van der Waals surface area contributed by atoms with E-state index < -0.39 is 0 Å². The molecule has 0 heterocycles. The molecule has 1 aliphatic carbocycles. The number of halogens is 1. The quantitative estimate of drug-likeness (QED) is 0.376. The topological polar surface area (TPSA) is 59.6 Å².